The molecule has 0 fully saturated rings. The Hall–Kier alpha value is -3.45. The van der Waals surface area contributed by atoms with Crippen molar-refractivity contribution >= 4 is 38.4 Å². The lowest BCUT2D eigenvalue weighted by atomic mass is 10.1. The van der Waals surface area contributed by atoms with E-state index in [0.29, 0.717) is 16.9 Å². The van der Waals surface area contributed by atoms with E-state index >= 15 is 0 Å². The normalized spacial score (nSPS) is 11.4. The molecule has 0 aliphatic heterocycles. The molecular formula is C25H26N4O2S. The lowest BCUT2D eigenvalue weighted by Crippen LogP contribution is -2.16. The first-order chi connectivity index (χ1) is 15.4. The maximum Gasteiger partial charge on any atom is 0.263 e. The number of para-hydroxylation sites is 2. The maximum atomic E-state index is 13.0. The maximum absolute atomic E-state index is 13.0. The molecule has 164 valence electrons. The van der Waals surface area contributed by atoms with Gasteiger partial charge in [-0.15, -0.1) is 0 Å². The van der Waals surface area contributed by atoms with Gasteiger partial charge < -0.3 is 5.32 Å². The predicted molar refractivity (Wildman–Crippen MR) is 130 cm³/mol. The third kappa shape index (κ3) is 5.06. The second kappa shape index (κ2) is 9.36. The largest absolute Gasteiger partial charge is 0.337 e. The fourth-order valence-electron chi connectivity index (χ4n) is 3.33. The number of sulfonamides is 1. The molecule has 3 aromatic carbocycles. The van der Waals surface area contributed by atoms with Crippen LogP contribution >= 0.6 is 0 Å². The molecular weight excluding hydrogens is 420 g/mol. The van der Waals surface area contributed by atoms with Crippen LogP contribution in [0.15, 0.2) is 77.7 Å². The van der Waals surface area contributed by atoms with E-state index in [9.17, 15) is 8.42 Å². The van der Waals surface area contributed by atoms with Crippen LogP contribution in [0.5, 0.6) is 0 Å². The molecule has 6 nitrogen and oxygen atoms in total. The van der Waals surface area contributed by atoms with Gasteiger partial charge in [0.1, 0.15) is 0 Å². The van der Waals surface area contributed by atoms with Crippen LogP contribution in [0.25, 0.3) is 11.0 Å². The SMILES string of the molecule is CCCCc1ccc(Nc2nc3ccccc3nc2NS(=O)(=O)c2ccc(C)cc2)cc1. The molecule has 0 saturated carbocycles. The minimum Gasteiger partial charge on any atom is -0.337 e. The minimum atomic E-state index is -3.82. The number of fused-ring (bicyclic) bond motifs is 1. The van der Waals surface area contributed by atoms with Gasteiger partial charge in [-0.3, -0.25) is 4.72 Å². The second-order valence-electron chi connectivity index (χ2n) is 7.75. The molecule has 0 saturated heterocycles. The Balaban J connectivity index is 1.68. The Labute approximate surface area is 188 Å². The molecule has 0 unspecified atom stereocenters. The van der Waals surface area contributed by atoms with Gasteiger partial charge in [0, 0.05) is 5.69 Å². The van der Waals surface area contributed by atoms with Crippen molar-refractivity contribution in [3.8, 4) is 0 Å². The summed E-state index contributed by atoms with van der Waals surface area (Å²) in [5.41, 5.74) is 4.34. The lowest BCUT2D eigenvalue weighted by molar-refractivity contribution is 0.601. The molecule has 0 atom stereocenters. The quantitative estimate of drug-likeness (QED) is 0.356. The summed E-state index contributed by atoms with van der Waals surface area (Å²) >= 11 is 0. The first kappa shape index (κ1) is 21.8. The van der Waals surface area contributed by atoms with Gasteiger partial charge in [-0.25, -0.2) is 18.4 Å². The number of anilines is 3. The standard InChI is InChI=1S/C25H26N4O2S/c1-3-4-7-19-12-14-20(15-13-19)26-24-25(28-23-9-6-5-8-22(23)27-24)29-32(30,31)21-16-10-18(2)11-17-21/h5-6,8-17H,3-4,7H2,1-2H3,(H,26,27)(H,28,29). The van der Waals surface area contributed by atoms with E-state index in [-0.39, 0.29) is 10.7 Å². The van der Waals surface area contributed by atoms with E-state index in [1.54, 1.807) is 30.3 Å². The Kier molecular flexibility index (Phi) is 6.37. The van der Waals surface area contributed by atoms with Crippen molar-refractivity contribution < 1.29 is 8.42 Å². The molecule has 0 aliphatic carbocycles. The summed E-state index contributed by atoms with van der Waals surface area (Å²) in [6, 6.07) is 22.1. The van der Waals surface area contributed by atoms with Crippen molar-refractivity contribution in [3.63, 3.8) is 0 Å². The van der Waals surface area contributed by atoms with Gasteiger partial charge in [-0.2, -0.15) is 0 Å². The van der Waals surface area contributed by atoms with Gasteiger partial charge in [0.2, 0.25) is 0 Å². The summed E-state index contributed by atoms with van der Waals surface area (Å²) in [5, 5.41) is 3.23. The molecule has 2 N–H and O–H groups in total. The summed E-state index contributed by atoms with van der Waals surface area (Å²) in [6.07, 6.45) is 3.33. The van der Waals surface area contributed by atoms with Gasteiger partial charge >= 0.3 is 0 Å². The van der Waals surface area contributed by atoms with Crippen LogP contribution < -0.4 is 10.0 Å². The van der Waals surface area contributed by atoms with Gasteiger partial charge in [-0.05, 0) is 61.7 Å². The predicted octanol–water partition coefficient (Wildman–Crippen LogP) is 5.83. The van der Waals surface area contributed by atoms with E-state index in [1.807, 2.05) is 37.3 Å². The second-order valence-corrected chi connectivity index (χ2v) is 9.44. The number of hydrogen-bond donors (Lipinski definition) is 2. The van der Waals surface area contributed by atoms with Crippen molar-refractivity contribution in [1.82, 2.24) is 9.97 Å². The molecule has 0 spiro atoms. The fraction of sp³-hybridized carbons (Fsp3) is 0.200. The Morgan fingerprint density at radius 1 is 0.812 bits per heavy atom. The van der Waals surface area contributed by atoms with Crippen molar-refractivity contribution in [2.45, 2.75) is 38.0 Å². The average Bonchev–Trinajstić information content (AvgIpc) is 2.79. The van der Waals surface area contributed by atoms with Crippen LogP contribution in [-0.2, 0) is 16.4 Å². The van der Waals surface area contributed by atoms with Gasteiger partial charge in [0.25, 0.3) is 10.0 Å². The van der Waals surface area contributed by atoms with Crippen LogP contribution in [0.1, 0.15) is 30.9 Å². The van der Waals surface area contributed by atoms with Gasteiger partial charge in [0.15, 0.2) is 11.6 Å². The first-order valence-corrected chi connectivity index (χ1v) is 12.1. The highest BCUT2D eigenvalue weighted by Gasteiger charge is 2.19. The van der Waals surface area contributed by atoms with Crippen LogP contribution in [0.3, 0.4) is 0 Å². The average molecular weight is 447 g/mol. The third-order valence-electron chi connectivity index (χ3n) is 5.17. The van der Waals surface area contributed by atoms with Gasteiger partial charge in [0.05, 0.1) is 15.9 Å². The Morgan fingerprint density at radius 2 is 1.44 bits per heavy atom. The number of unbranched alkanes of at least 4 members (excludes halogenated alkanes) is 1. The Bertz CT molecular complexity index is 1320. The number of aromatic nitrogens is 2. The number of hydrogen-bond acceptors (Lipinski definition) is 5. The topological polar surface area (TPSA) is 84.0 Å². The van der Waals surface area contributed by atoms with E-state index in [0.717, 1.165) is 30.5 Å². The first-order valence-electron chi connectivity index (χ1n) is 10.7. The number of nitrogens with one attached hydrogen (secondary N) is 2. The highest BCUT2D eigenvalue weighted by Crippen LogP contribution is 2.27. The summed E-state index contributed by atoms with van der Waals surface area (Å²) in [7, 11) is -3.82. The number of benzene rings is 3. The summed E-state index contributed by atoms with van der Waals surface area (Å²) in [4.78, 5) is 9.35. The zero-order chi connectivity index (χ0) is 22.6. The molecule has 7 heteroatoms. The van der Waals surface area contributed by atoms with E-state index in [2.05, 4.69) is 39.1 Å². The van der Waals surface area contributed by atoms with Crippen molar-refractivity contribution in [3.05, 3.63) is 83.9 Å². The van der Waals surface area contributed by atoms with Crippen LogP contribution in [0.2, 0.25) is 0 Å². The molecule has 0 bridgehead atoms. The molecule has 0 aliphatic rings. The third-order valence-corrected chi connectivity index (χ3v) is 6.52. The van der Waals surface area contributed by atoms with Crippen LogP contribution in [0, 0.1) is 6.92 Å². The smallest absolute Gasteiger partial charge is 0.263 e. The van der Waals surface area contributed by atoms with Crippen LogP contribution in [0.4, 0.5) is 17.3 Å². The van der Waals surface area contributed by atoms with E-state index in [1.165, 1.54) is 5.56 Å². The molecule has 4 aromatic rings. The summed E-state index contributed by atoms with van der Waals surface area (Å²) in [6.45, 7) is 4.09. The molecule has 0 amide bonds. The van der Waals surface area contributed by atoms with Crippen molar-refractivity contribution in [2.24, 2.45) is 0 Å². The number of aryl methyl sites for hydroxylation is 2. The Morgan fingerprint density at radius 3 is 2.06 bits per heavy atom. The van der Waals surface area contributed by atoms with Crippen molar-refractivity contribution in [1.29, 1.82) is 0 Å². The lowest BCUT2D eigenvalue weighted by Gasteiger charge is -2.14. The molecule has 32 heavy (non-hydrogen) atoms. The highest BCUT2D eigenvalue weighted by atomic mass is 32.2. The zero-order valence-electron chi connectivity index (χ0n) is 18.2. The van der Waals surface area contributed by atoms with Crippen molar-refractivity contribution in [2.75, 3.05) is 10.0 Å². The zero-order valence-corrected chi connectivity index (χ0v) is 19.0. The highest BCUT2D eigenvalue weighted by molar-refractivity contribution is 7.92. The minimum absolute atomic E-state index is 0.152. The number of nitrogens with zero attached hydrogens (tertiary/aromatic N) is 2. The molecule has 0 radical (unpaired) electrons. The molecule has 1 aromatic heterocycles. The van der Waals surface area contributed by atoms with Gasteiger partial charge in [-0.1, -0.05) is 55.3 Å². The molecule has 4 rings (SSSR count). The fourth-order valence-corrected chi connectivity index (χ4v) is 4.34. The molecule has 1 heterocycles. The monoisotopic (exact) mass is 446 g/mol. The number of rotatable bonds is 8. The van der Waals surface area contributed by atoms with Crippen LogP contribution in [-0.4, -0.2) is 18.4 Å². The van der Waals surface area contributed by atoms with E-state index in [4.69, 9.17) is 0 Å². The summed E-state index contributed by atoms with van der Waals surface area (Å²) in [5.74, 6) is 0.500. The van der Waals surface area contributed by atoms with E-state index < -0.39 is 10.0 Å². The summed E-state index contributed by atoms with van der Waals surface area (Å²) < 4.78 is 28.6.